The number of carboxylic acids is 1. The fourth-order valence-corrected chi connectivity index (χ4v) is 7.71. The van der Waals surface area contributed by atoms with Crippen molar-refractivity contribution in [1.29, 1.82) is 0 Å². The highest BCUT2D eigenvalue weighted by Crippen LogP contribution is 2.21. The van der Waals surface area contributed by atoms with Gasteiger partial charge in [0.05, 0.1) is 0 Å². The Morgan fingerprint density at radius 2 is 1.16 bits per heavy atom. The molecule has 0 saturated heterocycles. The number of fused-ring (bicyclic) bond motifs is 18. The van der Waals surface area contributed by atoms with Crippen molar-refractivity contribution in [2.45, 2.75) is 82.1 Å². The Bertz CT molecular complexity index is 2390. The van der Waals surface area contributed by atoms with Crippen molar-refractivity contribution in [2.75, 3.05) is 5.32 Å². The second-order valence-corrected chi connectivity index (χ2v) is 16.9. The lowest BCUT2D eigenvalue weighted by Crippen LogP contribution is -2.61. The van der Waals surface area contributed by atoms with Crippen LogP contribution in [0, 0.1) is 0 Å². The predicted molar refractivity (Wildman–Crippen MR) is 239 cm³/mol. The van der Waals surface area contributed by atoms with Gasteiger partial charge in [-0.3, -0.25) is 28.8 Å². The Balaban J connectivity index is 1.37. The van der Waals surface area contributed by atoms with E-state index in [0.717, 1.165) is 16.0 Å². The third-order valence-electron chi connectivity index (χ3n) is 10.5. The molecule has 2 bridgehead atoms. The number of nitrogens with one attached hydrogen (secondary N) is 6. The molecule has 1 aromatic heterocycles. The van der Waals surface area contributed by atoms with Crippen molar-refractivity contribution < 1.29 is 38.7 Å². The van der Waals surface area contributed by atoms with Gasteiger partial charge in [-0.15, -0.1) is 11.3 Å². The van der Waals surface area contributed by atoms with E-state index in [9.17, 15) is 38.7 Å². The third-order valence-corrected chi connectivity index (χ3v) is 11.4. The molecule has 63 heavy (non-hydrogen) atoms. The molecule has 4 aromatic carbocycles. The summed E-state index contributed by atoms with van der Waals surface area (Å²) in [4.78, 5) is 96.3. The average Bonchev–Trinajstić information content (AvgIpc) is 3.79. The normalized spacial score (nSPS) is 19.3. The van der Waals surface area contributed by atoms with Gasteiger partial charge in [0, 0.05) is 49.1 Å². The van der Waals surface area contributed by atoms with E-state index in [1.54, 1.807) is 54.6 Å². The molecule has 3 heterocycles. The van der Waals surface area contributed by atoms with Crippen LogP contribution >= 0.6 is 11.3 Å². The number of carbonyl (C=O) groups excluding carboxylic acids is 6. The summed E-state index contributed by atoms with van der Waals surface area (Å²) in [6.45, 7) is 2.63. The van der Waals surface area contributed by atoms with Crippen molar-refractivity contribution >= 4 is 58.4 Å². The fraction of sp³-hybridized carbons (Fsp3) is 0.271. The summed E-state index contributed by atoms with van der Waals surface area (Å²) in [5, 5.41) is 28.1. The summed E-state index contributed by atoms with van der Waals surface area (Å²) in [6.07, 6.45) is -0.412. The molecule has 0 spiro atoms. The average molecular weight is 871 g/mol. The minimum absolute atomic E-state index is 0.00270. The van der Waals surface area contributed by atoms with Crippen LogP contribution in [0.25, 0.3) is 11.1 Å². The van der Waals surface area contributed by atoms with Gasteiger partial charge in [-0.1, -0.05) is 103 Å². The number of benzene rings is 4. The van der Waals surface area contributed by atoms with Gasteiger partial charge < -0.3 is 37.0 Å². The largest absolute Gasteiger partial charge is 0.480 e. The van der Waals surface area contributed by atoms with Crippen molar-refractivity contribution in [3.8, 4) is 11.1 Å². The van der Waals surface area contributed by atoms with Crippen molar-refractivity contribution in [3.05, 3.63) is 148 Å². The summed E-state index contributed by atoms with van der Waals surface area (Å²) >= 11 is 1.39. The maximum atomic E-state index is 14.6. The van der Waals surface area contributed by atoms with E-state index in [2.05, 4.69) is 31.9 Å². The predicted octanol–water partition coefficient (Wildman–Crippen LogP) is 4.34. The number of aliphatic carboxylic acids is 1. The molecule has 5 aromatic rings. The number of amides is 6. The highest BCUT2D eigenvalue weighted by molar-refractivity contribution is 7.09. The molecular weight excluding hydrogens is 821 g/mol. The van der Waals surface area contributed by atoms with Crippen LogP contribution in [0.2, 0.25) is 0 Å². The highest BCUT2D eigenvalue weighted by atomic mass is 32.1. The Labute approximate surface area is 369 Å². The molecule has 15 heteroatoms. The molecule has 4 atom stereocenters. The highest BCUT2D eigenvalue weighted by Gasteiger charge is 2.35. The lowest BCUT2D eigenvalue weighted by molar-refractivity contribution is -0.146. The minimum Gasteiger partial charge on any atom is -0.480 e. The Hall–Kier alpha value is -7.13. The molecule has 0 aliphatic carbocycles. The first kappa shape index (κ1) is 45.4. The van der Waals surface area contributed by atoms with Crippen molar-refractivity contribution in [1.82, 2.24) is 26.6 Å². The van der Waals surface area contributed by atoms with E-state index < -0.39 is 71.1 Å². The third kappa shape index (κ3) is 13.2. The summed E-state index contributed by atoms with van der Waals surface area (Å²) in [6, 6.07) is 31.3. The van der Waals surface area contributed by atoms with Crippen LogP contribution in [0.4, 0.5) is 5.69 Å². The first-order valence-corrected chi connectivity index (χ1v) is 21.5. The first-order valence-electron chi connectivity index (χ1n) is 20.6. The van der Waals surface area contributed by atoms with Crippen molar-refractivity contribution in [2.24, 2.45) is 0 Å². The van der Waals surface area contributed by atoms with E-state index >= 15 is 0 Å². The van der Waals surface area contributed by atoms with E-state index in [-0.39, 0.29) is 38.5 Å². The van der Waals surface area contributed by atoms with Gasteiger partial charge in [0.25, 0.3) is 0 Å². The van der Waals surface area contributed by atoms with Crippen LogP contribution in [-0.2, 0) is 59.2 Å². The lowest BCUT2D eigenvalue weighted by Gasteiger charge is -2.28. The minimum atomic E-state index is -1.70. The molecule has 326 valence electrons. The smallest absolute Gasteiger partial charge is 0.328 e. The molecule has 2 aliphatic rings. The van der Waals surface area contributed by atoms with Gasteiger partial charge in [-0.05, 0) is 65.2 Å². The van der Waals surface area contributed by atoms with Crippen LogP contribution in [0.1, 0.15) is 48.3 Å². The lowest BCUT2D eigenvalue weighted by atomic mass is 9.98. The number of thiophene rings is 1. The molecule has 4 unspecified atom stereocenters. The summed E-state index contributed by atoms with van der Waals surface area (Å²) < 4.78 is 0. The molecular formula is C48H50N6O8S. The molecule has 7 N–H and O–H groups in total. The van der Waals surface area contributed by atoms with Crippen LogP contribution in [-0.4, -0.2) is 76.2 Å². The van der Waals surface area contributed by atoms with Crippen molar-refractivity contribution in [3.63, 3.8) is 0 Å². The fourth-order valence-electron chi connectivity index (χ4n) is 6.96. The summed E-state index contributed by atoms with van der Waals surface area (Å²) in [7, 11) is 0. The first-order chi connectivity index (χ1) is 30.2. The van der Waals surface area contributed by atoms with E-state index in [1.807, 2.05) is 72.1 Å². The van der Waals surface area contributed by atoms with Crippen LogP contribution in [0.15, 0.2) is 127 Å². The standard InChI is InChI=1S/C48H50N6O8S/c1-48(2,47(61)62)54-46(60)39-28-32-17-21-35(22-18-32)49-41(55)23-24-42(56)50-40(29-36-14-9-25-63-36)45(59)52-38(27-31-15-19-34(20-16-31)33-12-7-4-8-13-33)43(57)51-37(44(58)53-39)26-30-10-5-3-6-11-30/h3-22,25,37-40H,23-24,26-29H2,1-2H3,(H,49,55)(H,50,56)(H,51,57)(H,52,59)(H,53,58)(H,54,60)(H,61,62). The molecule has 0 fully saturated rings. The molecule has 0 radical (unpaired) electrons. The van der Waals surface area contributed by atoms with Gasteiger partial charge in [0.2, 0.25) is 35.4 Å². The maximum absolute atomic E-state index is 14.6. The molecule has 14 nitrogen and oxygen atoms in total. The number of hydrogen-bond acceptors (Lipinski definition) is 8. The number of hydrogen-bond donors (Lipinski definition) is 7. The second-order valence-electron chi connectivity index (χ2n) is 15.9. The zero-order valence-corrected chi connectivity index (χ0v) is 35.7. The second kappa shape index (κ2) is 21.1. The van der Waals surface area contributed by atoms with E-state index in [1.165, 1.54) is 25.2 Å². The summed E-state index contributed by atoms with van der Waals surface area (Å²) in [5.74, 6) is -5.19. The Kier molecular flexibility index (Phi) is 15.2. The number of carbonyl (C=O) groups is 7. The van der Waals surface area contributed by atoms with E-state index in [4.69, 9.17) is 0 Å². The molecule has 6 amide bonds. The monoisotopic (exact) mass is 870 g/mol. The Morgan fingerprint density at radius 1 is 0.619 bits per heavy atom. The SMILES string of the molecule is CC(C)(NC(=O)C1Cc2ccc(cc2)NC(=O)CCC(=O)NC(Cc2cccs2)C(=O)NC(Cc2ccc(-c3ccccc3)cc2)C(=O)NC(Cc2ccccc2)C(=O)N1)C(=O)O. The quantitative estimate of drug-likeness (QED) is 0.100. The molecule has 2 aliphatic heterocycles. The summed E-state index contributed by atoms with van der Waals surface area (Å²) in [5.41, 5.74) is 2.58. The van der Waals surface area contributed by atoms with Crippen LogP contribution < -0.4 is 31.9 Å². The van der Waals surface area contributed by atoms with Gasteiger partial charge in [0.1, 0.15) is 29.7 Å². The molecule has 7 rings (SSSR count). The van der Waals surface area contributed by atoms with Gasteiger partial charge in [-0.2, -0.15) is 0 Å². The van der Waals surface area contributed by atoms with Gasteiger partial charge in [0.15, 0.2) is 0 Å². The van der Waals surface area contributed by atoms with Crippen LogP contribution in [0.5, 0.6) is 0 Å². The maximum Gasteiger partial charge on any atom is 0.328 e. The number of carboxylic acid groups (broad SMARTS) is 1. The van der Waals surface area contributed by atoms with Gasteiger partial charge in [-0.25, -0.2) is 4.79 Å². The topological polar surface area (TPSA) is 212 Å². The number of rotatable bonds is 10. The zero-order valence-electron chi connectivity index (χ0n) is 34.9. The van der Waals surface area contributed by atoms with Crippen LogP contribution in [0.3, 0.4) is 0 Å². The zero-order chi connectivity index (χ0) is 44.9. The van der Waals surface area contributed by atoms with Gasteiger partial charge >= 0.3 is 5.97 Å². The Morgan fingerprint density at radius 3 is 1.75 bits per heavy atom. The number of anilines is 1. The molecule has 0 saturated carbocycles. The van der Waals surface area contributed by atoms with E-state index in [0.29, 0.717) is 22.4 Å².